The zero-order valence-corrected chi connectivity index (χ0v) is 7.90. The predicted octanol–water partition coefficient (Wildman–Crippen LogP) is 0.791. The second-order valence-corrected chi connectivity index (χ2v) is 3.68. The Morgan fingerprint density at radius 1 is 1.69 bits per heavy atom. The molecule has 1 atom stereocenters. The second kappa shape index (κ2) is 3.34. The molecular weight excluding hydrogens is 162 g/mol. The fourth-order valence-electron chi connectivity index (χ4n) is 1.83. The molecule has 1 aromatic rings. The van der Waals surface area contributed by atoms with Gasteiger partial charge in [0.2, 0.25) is 0 Å². The van der Waals surface area contributed by atoms with Crippen LogP contribution in [0.25, 0.3) is 0 Å². The summed E-state index contributed by atoms with van der Waals surface area (Å²) >= 11 is 0. The quantitative estimate of drug-likeness (QED) is 0.726. The molecule has 13 heavy (non-hydrogen) atoms. The van der Waals surface area contributed by atoms with Crippen molar-refractivity contribution < 1.29 is 0 Å². The van der Waals surface area contributed by atoms with Crippen LogP contribution < -0.4 is 10.6 Å². The number of rotatable bonds is 2. The minimum Gasteiger partial charge on any atom is -0.369 e. The third-order valence-electron chi connectivity index (χ3n) is 2.38. The van der Waals surface area contributed by atoms with Crippen molar-refractivity contribution >= 4 is 5.69 Å². The summed E-state index contributed by atoms with van der Waals surface area (Å²) in [6.07, 6.45) is 4.91. The van der Waals surface area contributed by atoms with Crippen LogP contribution in [0.4, 0.5) is 5.69 Å². The maximum absolute atomic E-state index is 5.77. The molecule has 3 heteroatoms. The molecule has 1 unspecified atom stereocenters. The van der Waals surface area contributed by atoms with Gasteiger partial charge < -0.3 is 10.6 Å². The van der Waals surface area contributed by atoms with Gasteiger partial charge in [-0.3, -0.25) is 4.98 Å². The summed E-state index contributed by atoms with van der Waals surface area (Å²) in [5.41, 5.74) is 8.43. The molecule has 0 aliphatic carbocycles. The molecule has 0 amide bonds. The Bertz CT molecular complexity index is 296. The summed E-state index contributed by atoms with van der Waals surface area (Å²) in [6, 6.07) is 2.31. The topological polar surface area (TPSA) is 42.1 Å². The summed E-state index contributed by atoms with van der Waals surface area (Å²) in [5.74, 6) is 0. The lowest BCUT2D eigenvalue weighted by molar-refractivity contribution is 0.693. The number of anilines is 1. The lowest BCUT2D eigenvalue weighted by atomic mass is 10.2. The maximum atomic E-state index is 5.77. The summed E-state index contributed by atoms with van der Waals surface area (Å²) in [7, 11) is 0. The second-order valence-electron chi connectivity index (χ2n) is 3.68. The maximum Gasteiger partial charge on any atom is 0.0431 e. The van der Waals surface area contributed by atoms with E-state index in [-0.39, 0.29) is 6.04 Å². The SMILES string of the molecule is CC(N)CN1CCc2cnccc21. The third kappa shape index (κ3) is 1.65. The molecule has 0 radical (unpaired) electrons. The standard InChI is InChI=1S/C10H15N3/c1-8(11)7-13-5-3-9-6-12-4-2-10(9)13/h2,4,6,8H,3,5,7,11H2,1H3. The van der Waals surface area contributed by atoms with Gasteiger partial charge in [-0.05, 0) is 25.0 Å². The van der Waals surface area contributed by atoms with Crippen LogP contribution in [-0.4, -0.2) is 24.1 Å². The molecule has 0 aromatic carbocycles. The summed E-state index contributed by atoms with van der Waals surface area (Å²) in [4.78, 5) is 6.45. The molecule has 0 saturated carbocycles. The van der Waals surface area contributed by atoms with Crippen molar-refractivity contribution in [1.82, 2.24) is 4.98 Å². The van der Waals surface area contributed by atoms with Crippen LogP contribution >= 0.6 is 0 Å². The van der Waals surface area contributed by atoms with Crippen LogP contribution in [-0.2, 0) is 6.42 Å². The summed E-state index contributed by atoms with van der Waals surface area (Å²) in [5, 5.41) is 0. The molecule has 3 nitrogen and oxygen atoms in total. The van der Waals surface area contributed by atoms with Crippen LogP contribution in [0.1, 0.15) is 12.5 Å². The third-order valence-corrected chi connectivity index (χ3v) is 2.38. The van der Waals surface area contributed by atoms with E-state index in [1.807, 2.05) is 19.3 Å². The Hall–Kier alpha value is -1.09. The van der Waals surface area contributed by atoms with Gasteiger partial charge in [-0.1, -0.05) is 0 Å². The lowest BCUT2D eigenvalue weighted by Crippen LogP contribution is -2.34. The Kier molecular flexibility index (Phi) is 2.19. The Morgan fingerprint density at radius 2 is 2.54 bits per heavy atom. The smallest absolute Gasteiger partial charge is 0.0431 e. The van der Waals surface area contributed by atoms with Crippen molar-refractivity contribution in [2.75, 3.05) is 18.0 Å². The van der Waals surface area contributed by atoms with Crippen LogP contribution in [0.5, 0.6) is 0 Å². The van der Waals surface area contributed by atoms with Gasteiger partial charge in [-0.25, -0.2) is 0 Å². The van der Waals surface area contributed by atoms with Crippen LogP contribution in [0.2, 0.25) is 0 Å². The normalized spacial score (nSPS) is 17.2. The van der Waals surface area contributed by atoms with E-state index < -0.39 is 0 Å². The molecule has 2 heterocycles. The Balaban J connectivity index is 2.18. The fraction of sp³-hybridized carbons (Fsp3) is 0.500. The van der Waals surface area contributed by atoms with Crippen molar-refractivity contribution in [2.24, 2.45) is 5.73 Å². The van der Waals surface area contributed by atoms with E-state index >= 15 is 0 Å². The Labute approximate surface area is 78.6 Å². The molecule has 1 aromatic heterocycles. The largest absolute Gasteiger partial charge is 0.369 e. The molecule has 0 saturated heterocycles. The number of nitrogens with two attached hydrogens (primary N) is 1. The van der Waals surface area contributed by atoms with Crippen molar-refractivity contribution in [1.29, 1.82) is 0 Å². The number of fused-ring (bicyclic) bond motifs is 1. The first-order chi connectivity index (χ1) is 6.27. The summed E-state index contributed by atoms with van der Waals surface area (Å²) < 4.78 is 0. The Morgan fingerprint density at radius 3 is 3.31 bits per heavy atom. The van der Waals surface area contributed by atoms with Crippen molar-refractivity contribution in [3.05, 3.63) is 24.0 Å². The predicted molar refractivity (Wildman–Crippen MR) is 53.8 cm³/mol. The molecule has 2 rings (SSSR count). The van der Waals surface area contributed by atoms with E-state index in [4.69, 9.17) is 5.73 Å². The molecule has 0 bridgehead atoms. The van der Waals surface area contributed by atoms with Gasteiger partial charge in [0.15, 0.2) is 0 Å². The molecule has 1 aliphatic rings. The minimum absolute atomic E-state index is 0.235. The lowest BCUT2D eigenvalue weighted by Gasteiger charge is -2.21. The van der Waals surface area contributed by atoms with Gasteiger partial charge in [-0.2, -0.15) is 0 Å². The number of pyridine rings is 1. The van der Waals surface area contributed by atoms with Gasteiger partial charge >= 0.3 is 0 Å². The van der Waals surface area contributed by atoms with Gasteiger partial charge in [0.25, 0.3) is 0 Å². The van der Waals surface area contributed by atoms with Crippen molar-refractivity contribution in [2.45, 2.75) is 19.4 Å². The van der Waals surface area contributed by atoms with E-state index in [0.29, 0.717) is 0 Å². The molecule has 2 N–H and O–H groups in total. The first kappa shape index (κ1) is 8.51. The minimum atomic E-state index is 0.235. The fourth-order valence-corrected chi connectivity index (χ4v) is 1.83. The monoisotopic (exact) mass is 177 g/mol. The van der Waals surface area contributed by atoms with Crippen molar-refractivity contribution in [3.8, 4) is 0 Å². The zero-order valence-electron chi connectivity index (χ0n) is 7.90. The highest BCUT2D eigenvalue weighted by atomic mass is 15.2. The average molecular weight is 177 g/mol. The first-order valence-corrected chi connectivity index (χ1v) is 4.71. The average Bonchev–Trinajstić information content (AvgIpc) is 2.48. The van der Waals surface area contributed by atoms with Gasteiger partial charge in [0.05, 0.1) is 0 Å². The van der Waals surface area contributed by atoms with Crippen LogP contribution in [0.3, 0.4) is 0 Å². The van der Waals surface area contributed by atoms with E-state index in [9.17, 15) is 0 Å². The highest BCUT2D eigenvalue weighted by Gasteiger charge is 2.18. The highest BCUT2D eigenvalue weighted by molar-refractivity contribution is 5.56. The highest BCUT2D eigenvalue weighted by Crippen LogP contribution is 2.26. The number of nitrogens with zero attached hydrogens (tertiary/aromatic N) is 2. The van der Waals surface area contributed by atoms with E-state index in [1.165, 1.54) is 11.3 Å². The van der Waals surface area contributed by atoms with E-state index in [2.05, 4.69) is 16.0 Å². The molecule has 1 aliphatic heterocycles. The number of aromatic nitrogens is 1. The van der Waals surface area contributed by atoms with E-state index in [0.717, 1.165) is 19.5 Å². The molecule has 70 valence electrons. The van der Waals surface area contributed by atoms with Gasteiger partial charge in [0.1, 0.15) is 0 Å². The molecular formula is C10H15N3. The van der Waals surface area contributed by atoms with Gasteiger partial charge in [-0.15, -0.1) is 0 Å². The molecule has 0 fully saturated rings. The first-order valence-electron chi connectivity index (χ1n) is 4.71. The number of hydrogen-bond donors (Lipinski definition) is 1. The van der Waals surface area contributed by atoms with Gasteiger partial charge in [0, 0.05) is 37.2 Å². The zero-order chi connectivity index (χ0) is 9.26. The van der Waals surface area contributed by atoms with Crippen LogP contribution in [0, 0.1) is 0 Å². The van der Waals surface area contributed by atoms with E-state index in [1.54, 1.807) is 0 Å². The number of hydrogen-bond acceptors (Lipinski definition) is 3. The molecule has 0 spiro atoms. The van der Waals surface area contributed by atoms with Crippen LogP contribution in [0.15, 0.2) is 18.5 Å². The summed E-state index contributed by atoms with van der Waals surface area (Å²) in [6.45, 7) is 4.07. The van der Waals surface area contributed by atoms with Crippen molar-refractivity contribution in [3.63, 3.8) is 0 Å².